The third kappa shape index (κ3) is 1.81. The number of ether oxygens (including phenoxy) is 1. The molecule has 0 saturated heterocycles. The van der Waals surface area contributed by atoms with Crippen LogP contribution < -0.4 is 10.2 Å². The van der Waals surface area contributed by atoms with Gasteiger partial charge in [0.25, 0.3) is 0 Å². The minimum Gasteiger partial charge on any atom is -0.488 e. The van der Waals surface area contributed by atoms with Crippen molar-refractivity contribution in [2.75, 3.05) is 6.61 Å². The van der Waals surface area contributed by atoms with Gasteiger partial charge in [-0.05, 0) is 13.0 Å². The van der Waals surface area contributed by atoms with Crippen LogP contribution in [0.5, 0.6) is 5.75 Å². The van der Waals surface area contributed by atoms with Gasteiger partial charge in [-0.1, -0.05) is 12.7 Å². The number of fused-ring (bicyclic) bond motifs is 2. The van der Waals surface area contributed by atoms with Crippen molar-refractivity contribution in [1.82, 2.24) is 0 Å². The fourth-order valence-corrected chi connectivity index (χ4v) is 2.12. The fourth-order valence-electron chi connectivity index (χ4n) is 2.12. The van der Waals surface area contributed by atoms with E-state index in [4.69, 9.17) is 13.6 Å². The molecule has 0 atom stereocenters. The van der Waals surface area contributed by atoms with E-state index in [-0.39, 0.29) is 5.43 Å². The molecule has 4 heteroatoms. The summed E-state index contributed by atoms with van der Waals surface area (Å²) in [5.41, 5.74) is 0.965. The summed E-state index contributed by atoms with van der Waals surface area (Å²) in [5.74, 6) is 1.04. The summed E-state index contributed by atoms with van der Waals surface area (Å²) in [6.45, 7) is 5.66. The van der Waals surface area contributed by atoms with Crippen LogP contribution in [0.1, 0.15) is 5.76 Å². The monoisotopic (exact) mass is 256 g/mol. The molecular weight excluding hydrogens is 244 g/mol. The summed E-state index contributed by atoms with van der Waals surface area (Å²) in [5, 5.41) is 1.19. The zero-order chi connectivity index (χ0) is 13.4. The van der Waals surface area contributed by atoms with Crippen LogP contribution in [0.15, 0.2) is 50.7 Å². The van der Waals surface area contributed by atoms with Crippen LogP contribution in [0.4, 0.5) is 0 Å². The van der Waals surface area contributed by atoms with Crippen molar-refractivity contribution in [3.63, 3.8) is 0 Å². The van der Waals surface area contributed by atoms with Crippen LogP contribution in [-0.2, 0) is 0 Å². The molecule has 96 valence electrons. The Balaban J connectivity index is 2.45. The van der Waals surface area contributed by atoms with E-state index in [1.54, 1.807) is 31.4 Å². The molecule has 0 aliphatic carbocycles. The van der Waals surface area contributed by atoms with Crippen LogP contribution in [0.25, 0.3) is 21.9 Å². The van der Waals surface area contributed by atoms with Gasteiger partial charge in [0.1, 0.15) is 34.7 Å². The quantitative estimate of drug-likeness (QED) is 0.674. The number of hydrogen-bond donors (Lipinski definition) is 0. The zero-order valence-corrected chi connectivity index (χ0v) is 10.4. The molecule has 2 heterocycles. The lowest BCUT2D eigenvalue weighted by Crippen LogP contribution is -2.04. The number of furan rings is 1. The Morgan fingerprint density at radius 1 is 1.37 bits per heavy atom. The largest absolute Gasteiger partial charge is 0.488 e. The molecule has 19 heavy (non-hydrogen) atoms. The van der Waals surface area contributed by atoms with Gasteiger partial charge in [-0.25, -0.2) is 0 Å². The number of benzene rings is 1. The van der Waals surface area contributed by atoms with Crippen LogP contribution in [0.2, 0.25) is 0 Å². The third-order valence-corrected chi connectivity index (χ3v) is 2.87. The maximum Gasteiger partial charge on any atom is 0.196 e. The van der Waals surface area contributed by atoms with Gasteiger partial charge in [0.05, 0.1) is 11.6 Å². The van der Waals surface area contributed by atoms with Crippen LogP contribution >= 0.6 is 0 Å². The van der Waals surface area contributed by atoms with E-state index in [9.17, 15) is 4.79 Å². The minimum atomic E-state index is -0.124. The van der Waals surface area contributed by atoms with Crippen molar-refractivity contribution < 1.29 is 13.6 Å². The molecule has 0 aliphatic rings. The third-order valence-electron chi connectivity index (χ3n) is 2.87. The molecule has 0 fully saturated rings. The van der Waals surface area contributed by atoms with Gasteiger partial charge in [0, 0.05) is 12.1 Å². The molecule has 0 bridgehead atoms. The molecule has 3 rings (SSSR count). The molecule has 0 spiro atoms. The van der Waals surface area contributed by atoms with Gasteiger partial charge in [0.2, 0.25) is 0 Å². The molecule has 2 aromatic heterocycles. The number of aryl methyl sites for hydroxylation is 1. The van der Waals surface area contributed by atoms with Gasteiger partial charge in [-0.15, -0.1) is 0 Å². The first-order chi connectivity index (χ1) is 9.20. The Labute approximate surface area is 108 Å². The molecule has 0 N–H and O–H groups in total. The van der Waals surface area contributed by atoms with Crippen molar-refractivity contribution in [2.24, 2.45) is 0 Å². The predicted octanol–water partition coefficient (Wildman–Crippen LogP) is 3.41. The average Bonchev–Trinajstić information content (AvgIpc) is 2.82. The van der Waals surface area contributed by atoms with Crippen molar-refractivity contribution in [3.8, 4) is 5.75 Å². The number of rotatable bonds is 3. The van der Waals surface area contributed by atoms with Crippen LogP contribution in [0.3, 0.4) is 0 Å². The van der Waals surface area contributed by atoms with Gasteiger partial charge in [-0.3, -0.25) is 4.79 Å². The van der Waals surface area contributed by atoms with E-state index in [1.165, 1.54) is 6.07 Å². The zero-order valence-electron chi connectivity index (χ0n) is 10.4. The maximum absolute atomic E-state index is 12.2. The molecule has 4 nitrogen and oxygen atoms in total. The second-order valence-corrected chi connectivity index (χ2v) is 4.23. The maximum atomic E-state index is 12.2. The Bertz CT molecular complexity index is 823. The molecule has 1 aromatic carbocycles. The summed E-state index contributed by atoms with van der Waals surface area (Å²) in [4.78, 5) is 12.2. The first-order valence-electron chi connectivity index (χ1n) is 5.89. The molecule has 0 amide bonds. The van der Waals surface area contributed by atoms with Gasteiger partial charge >= 0.3 is 0 Å². The van der Waals surface area contributed by atoms with Crippen molar-refractivity contribution >= 4 is 21.9 Å². The van der Waals surface area contributed by atoms with Gasteiger partial charge in [0.15, 0.2) is 5.43 Å². The highest BCUT2D eigenvalue weighted by Gasteiger charge is 2.15. The lowest BCUT2D eigenvalue weighted by atomic mass is 10.1. The SMILES string of the molecule is C=CCOc1c2ccoc2cc2oc(C)cc(=O)c12. The van der Waals surface area contributed by atoms with Crippen LogP contribution in [-0.4, -0.2) is 6.61 Å². The van der Waals surface area contributed by atoms with Crippen LogP contribution in [0, 0.1) is 6.92 Å². The Kier molecular flexibility index (Phi) is 2.63. The highest BCUT2D eigenvalue weighted by Crippen LogP contribution is 2.34. The van der Waals surface area contributed by atoms with E-state index in [0.29, 0.717) is 34.7 Å². The molecule has 3 aromatic rings. The van der Waals surface area contributed by atoms with E-state index >= 15 is 0 Å². The second-order valence-electron chi connectivity index (χ2n) is 4.23. The smallest absolute Gasteiger partial charge is 0.196 e. The van der Waals surface area contributed by atoms with Crippen molar-refractivity contribution in [2.45, 2.75) is 6.92 Å². The topological polar surface area (TPSA) is 52.6 Å². The van der Waals surface area contributed by atoms with E-state index < -0.39 is 0 Å². The molecule has 0 aliphatic heterocycles. The fraction of sp³-hybridized carbons (Fsp3) is 0.133. The Morgan fingerprint density at radius 2 is 2.21 bits per heavy atom. The predicted molar refractivity (Wildman–Crippen MR) is 72.7 cm³/mol. The normalized spacial score (nSPS) is 11.0. The standard InChI is InChI=1S/C15H12O4/c1-3-5-18-15-10-4-6-17-12(10)8-13-14(15)11(16)7-9(2)19-13/h3-4,6-8H,1,5H2,2H3. The van der Waals surface area contributed by atoms with Crippen molar-refractivity contribution in [3.05, 3.63) is 53.1 Å². The first kappa shape index (κ1) is 11.6. The summed E-state index contributed by atoms with van der Waals surface area (Å²) >= 11 is 0. The Morgan fingerprint density at radius 3 is 3.00 bits per heavy atom. The lowest BCUT2D eigenvalue weighted by molar-refractivity contribution is 0.371. The van der Waals surface area contributed by atoms with Gasteiger partial charge in [-0.2, -0.15) is 0 Å². The minimum absolute atomic E-state index is 0.124. The van der Waals surface area contributed by atoms with Gasteiger partial charge < -0.3 is 13.6 Å². The lowest BCUT2D eigenvalue weighted by Gasteiger charge is -2.08. The van der Waals surface area contributed by atoms with Crippen molar-refractivity contribution in [1.29, 1.82) is 0 Å². The van der Waals surface area contributed by atoms with E-state index in [1.807, 2.05) is 0 Å². The summed E-state index contributed by atoms with van der Waals surface area (Å²) in [6.07, 6.45) is 3.18. The average molecular weight is 256 g/mol. The highest BCUT2D eigenvalue weighted by molar-refractivity contribution is 6.01. The van der Waals surface area contributed by atoms with E-state index in [2.05, 4.69) is 6.58 Å². The summed E-state index contributed by atoms with van der Waals surface area (Å²) < 4.78 is 16.6. The molecule has 0 radical (unpaired) electrons. The second kappa shape index (κ2) is 4.31. The van der Waals surface area contributed by atoms with E-state index in [0.717, 1.165) is 5.39 Å². The number of hydrogen-bond acceptors (Lipinski definition) is 4. The first-order valence-corrected chi connectivity index (χ1v) is 5.89. The molecular formula is C15H12O4. The highest BCUT2D eigenvalue weighted by atomic mass is 16.5. The molecule has 0 saturated carbocycles. The summed E-state index contributed by atoms with van der Waals surface area (Å²) in [6, 6.07) is 4.93. The summed E-state index contributed by atoms with van der Waals surface area (Å²) in [7, 11) is 0. The molecule has 0 unspecified atom stereocenters. The Hall–Kier alpha value is -2.49.